The van der Waals surface area contributed by atoms with Crippen LogP contribution in [0.1, 0.15) is 40.5 Å². The number of aliphatic hydroxyl groups excluding tert-OH is 1. The molecule has 0 unspecified atom stereocenters. The van der Waals surface area contributed by atoms with Gasteiger partial charge in [-0.3, -0.25) is 0 Å². The largest absolute Gasteiger partial charge is 0.393 e. The first-order chi connectivity index (χ1) is 8.22. The summed E-state index contributed by atoms with van der Waals surface area (Å²) in [6.07, 6.45) is 1.35. The highest BCUT2D eigenvalue weighted by Gasteiger charge is 2.72. The van der Waals surface area contributed by atoms with Gasteiger partial charge in [-0.15, -0.1) is 0 Å². The first-order valence-electron chi connectivity index (χ1n) is 7.20. The highest BCUT2D eigenvalue weighted by molar-refractivity contribution is 5.20. The summed E-state index contributed by atoms with van der Waals surface area (Å²) in [4.78, 5) is 0. The Morgan fingerprint density at radius 3 is 2.56 bits per heavy atom. The van der Waals surface area contributed by atoms with Crippen LogP contribution >= 0.6 is 0 Å². The fourth-order valence-corrected chi connectivity index (χ4v) is 5.70. The second-order valence-electron chi connectivity index (χ2n) is 7.93. The van der Waals surface area contributed by atoms with Gasteiger partial charge in [-0.05, 0) is 24.2 Å². The summed E-state index contributed by atoms with van der Waals surface area (Å²) >= 11 is 0. The Hall–Kier alpha value is -0.120. The zero-order valence-electron chi connectivity index (χ0n) is 11.9. The van der Waals surface area contributed by atoms with E-state index in [2.05, 4.69) is 27.7 Å². The molecule has 104 valence electrons. The van der Waals surface area contributed by atoms with E-state index in [1.165, 1.54) is 0 Å². The standard InChI is InChI=1S/C15H26O3/c1-9-5-11(16)12-13(2,3)7-14(4)8-18-6-10(9)15(12,14)17/h9-12,16-17H,5-8H2,1-4H3/t9-,10+,11+,12+,14-,15-/m1/s1. The van der Waals surface area contributed by atoms with Crippen LogP contribution in [-0.4, -0.2) is 35.1 Å². The molecule has 6 atom stereocenters. The van der Waals surface area contributed by atoms with Crippen molar-refractivity contribution in [3.05, 3.63) is 0 Å². The van der Waals surface area contributed by atoms with Crippen LogP contribution in [0.3, 0.4) is 0 Å². The SMILES string of the molecule is C[C@@H]1C[C@H](O)[C@H]2C(C)(C)C[C@]3(C)COC[C@@H]1[C@@]23O. The molecule has 3 fully saturated rings. The summed E-state index contributed by atoms with van der Waals surface area (Å²) in [5, 5.41) is 22.0. The summed E-state index contributed by atoms with van der Waals surface area (Å²) in [6.45, 7) is 9.94. The molecule has 2 N–H and O–H groups in total. The Bertz CT molecular complexity index is 367. The molecule has 3 heteroatoms. The molecule has 0 radical (unpaired) electrons. The molecule has 0 aromatic carbocycles. The third kappa shape index (κ3) is 1.31. The quantitative estimate of drug-likeness (QED) is 0.693. The lowest BCUT2D eigenvalue weighted by molar-refractivity contribution is -0.252. The van der Waals surface area contributed by atoms with Crippen molar-refractivity contribution in [2.75, 3.05) is 13.2 Å². The van der Waals surface area contributed by atoms with Crippen molar-refractivity contribution in [2.45, 2.75) is 52.2 Å². The Labute approximate surface area is 110 Å². The molecule has 0 aromatic heterocycles. The molecule has 0 spiro atoms. The Kier molecular flexibility index (Phi) is 2.51. The smallest absolute Gasteiger partial charge is 0.0833 e. The molecule has 3 aliphatic rings. The number of rotatable bonds is 0. The van der Waals surface area contributed by atoms with Gasteiger partial charge >= 0.3 is 0 Å². The Morgan fingerprint density at radius 1 is 1.22 bits per heavy atom. The van der Waals surface area contributed by atoms with Crippen LogP contribution in [0.15, 0.2) is 0 Å². The monoisotopic (exact) mass is 254 g/mol. The van der Waals surface area contributed by atoms with E-state index in [-0.39, 0.29) is 28.8 Å². The highest BCUT2D eigenvalue weighted by Crippen LogP contribution is 2.67. The molecule has 3 rings (SSSR count). The lowest BCUT2D eigenvalue weighted by Crippen LogP contribution is -2.66. The number of hydrogen-bond acceptors (Lipinski definition) is 3. The average Bonchev–Trinajstić information content (AvgIpc) is 2.36. The maximum absolute atomic E-state index is 11.5. The van der Waals surface area contributed by atoms with Crippen LogP contribution in [0.2, 0.25) is 0 Å². The highest BCUT2D eigenvalue weighted by atomic mass is 16.5. The van der Waals surface area contributed by atoms with Crippen LogP contribution < -0.4 is 0 Å². The van der Waals surface area contributed by atoms with Crippen molar-refractivity contribution in [3.63, 3.8) is 0 Å². The van der Waals surface area contributed by atoms with E-state index >= 15 is 0 Å². The second-order valence-corrected chi connectivity index (χ2v) is 7.93. The average molecular weight is 254 g/mol. The van der Waals surface area contributed by atoms with E-state index in [0.29, 0.717) is 19.1 Å². The maximum Gasteiger partial charge on any atom is 0.0833 e. The van der Waals surface area contributed by atoms with E-state index in [4.69, 9.17) is 4.74 Å². The van der Waals surface area contributed by atoms with Crippen molar-refractivity contribution in [1.29, 1.82) is 0 Å². The van der Waals surface area contributed by atoms with Gasteiger partial charge in [0, 0.05) is 17.3 Å². The molecule has 1 aliphatic heterocycles. The molecular weight excluding hydrogens is 228 g/mol. The maximum atomic E-state index is 11.5. The summed E-state index contributed by atoms with van der Waals surface area (Å²) < 4.78 is 5.79. The lowest BCUT2D eigenvalue weighted by atomic mass is 9.55. The zero-order valence-corrected chi connectivity index (χ0v) is 11.9. The molecule has 0 bridgehead atoms. The summed E-state index contributed by atoms with van der Waals surface area (Å²) in [5.41, 5.74) is -0.986. The lowest BCUT2D eigenvalue weighted by Gasteiger charge is -2.57. The van der Waals surface area contributed by atoms with Crippen LogP contribution in [0.4, 0.5) is 0 Å². The van der Waals surface area contributed by atoms with Gasteiger partial charge in [0.05, 0.1) is 24.9 Å². The van der Waals surface area contributed by atoms with E-state index in [1.54, 1.807) is 0 Å². The molecule has 0 amide bonds. The number of ether oxygens (including phenoxy) is 1. The minimum Gasteiger partial charge on any atom is -0.393 e. The van der Waals surface area contributed by atoms with Gasteiger partial charge in [-0.25, -0.2) is 0 Å². The molecule has 1 heterocycles. The van der Waals surface area contributed by atoms with Gasteiger partial charge in [0.2, 0.25) is 0 Å². The number of hydrogen-bond donors (Lipinski definition) is 2. The van der Waals surface area contributed by atoms with E-state index in [1.807, 2.05) is 0 Å². The van der Waals surface area contributed by atoms with Crippen LogP contribution in [0.5, 0.6) is 0 Å². The molecular formula is C15H26O3. The Morgan fingerprint density at radius 2 is 1.89 bits per heavy atom. The predicted molar refractivity (Wildman–Crippen MR) is 69.0 cm³/mol. The van der Waals surface area contributed by atoms with Crippen LogP contribution in [0.25, 0.3) is 0 Å². The molecule has 18 heavy (non-hydrogen) atoms. The van der Waals surface area contributed by atoms with Crippen molar-refractivity contribution in [2.24, 2.45) is 28.6 Å². The summed E-state index contributed by atoms with van der Waals surface area (Å²) in [6, 6.07) is 0. The molecule has 3 nitrogen and oxygen atoms in total. The molecule has 2 saturated carbocycles. The third-order valence-electron chi connectivity index (χ3n) is 6.10. The van der Waals surface area contributed by atoms with Crippen molar-refractivity contribution >= 4 is 0 Å². The topological polar surface area (TPSA) is 49.7 Å². The minimum absolute atomic E-state index is 0.0138. The van der Waals surface area contributed by atoms with E-state index < -0.39 is 5.60 Å². The zero-order chi connectivity index (χ0) is 13.3. The Balaban J connectivity index is 2.14. The second kappa shape index (κ2) is 3.50. The van der Waals surface area contributed by atoms with Gasteiger partial charge in [0.15, 0.2) is 0 Å². The van der Waals surface area contributed by atoms with Gasteiger partial charge in [-0.1, -0.05) is 27.7 Å². The first kappa shape index (κ1) is 12.9. The van der Waals surface area contributed by atoms with Crippen LogP contribution in [0, 0.1) is 28.6 Å². The van der Waals surface area contributed by atoms with Crippen molar-refractivity contribution in [1.82, 2.24) is 0 Å². The van der Waals surface area contributed by atoms with E-state index in [9.17, 15) is 10.2 Å². The third-order valence-corrected chi connectivity index (χ3v) is 6.10. The fourth-order valence-electron chi connectivity index (χ4n) is 5.70. The van der Waals surface area contributed by atoms with Gasteiger partial charge in [-0.2, -0.15) is 0 Å². The van der Waals surface area contributed by atoms with Crippen molar-refractivity contribution in [3.8, 4) is 0 Å². The minimum atomic E-state index is -0.758. The summed E-state index contributed by atoms with van der Waals surface area (Å²) in [7, 11) is 0. The van der Waals surface area contributed by atoms with Crippen LogP contribution in [-0.2, 0) is 4.74 Å². The van der Waals surface area contributed by atoms with Gasteiger partial charge in [0.1, 0.15) is 0 Å². The van der Waals surface area contributed by atoms with Crippen molar-refractivity contribution < 1.29 is 14.9 Å². The predicted octanol–water partition coefficient (Wildman–Crippen LogP) is 1.82. The molecule has 1 saturated heterocycles. The first-order valence-corrected chi connectivity index (χ1v) is 7.20. The normalized spacial score (nSPS) is 58.3. The molecule has 0 aromatic rings. The summed E-state index contributed by atoms with van der Waals surface area (Å²) in [5.74, 6) is 0.487. The number of aliphatic hydroxyl groups is 2. The van der Waals surface area contributed by atoms with E-state index in [0.717, 1.165) is 12.8 Å². The van der Waals surface area contributed by atoms with Gasteiger partial charge in [0.25, 0.3) is 0 Å². The molecule has 2 aliphatic carbocycles. The van der Waals surface area contributed by atoms with Gasteiger partial charge < -0.3 is 14.9 Å². The fraction of sp³-hybridized carbons (Fsp3) is 1.00.